The molecule has 11 heteroatoms. The Labute approximate surface area is 128 Å². The van der Waals surface area contributed by atoms with Crippen molar-refractivity contribution in [3.05, 3.63) is 0 Å². The van der Waals surface area contributed by atoms with Crippen LogP contribution in [0.3, 0.4) is 0 Å². The van der Waals surface area contributed by atoms with Crippen molar-refractivity contribution in [2.75, 3.05) is 13.1 Å². The van der Waals surface area contributed by atoms with Gasteiger partial charge in [0.1, 0.15) is 12.3 Å². The van der Waals surface area contributed by atoms with Crippen molar-refractivity contribution in [1.29, 1.82) is 0 Å². The Balaban J connectivity index is 2.87. The Morgan fingerprint density at radius 3 is 1.65 bits per heavy atom. The van der Waals surface area contributed by atoms with Gasteiger partial charge >= 0.3 is 6.03 Å². The molecule has 0 saturated carbocycles. The molecule has 0 aliphatic carbocycles. The maximum Gasteiger partial charge on any atom is 0.322 e. The van der Waals surface area contributed by atoms with Crippen LogP contribution in [0.4, 0.5) is 4.79 Å². The molecule has 1 saturated heterocycles. The quantitative estimate of drug-likeness (QED) is 0.246. The van der Waals surface area contributed by atoms with Gasteiger partial charge in [-0.1, -0.05) is 0 Å². The fourth-order valence-corrected chi connectivity index (χ4v) is 2.13. The van der Waals surface area contributed by atoms with E-state index in [-0.39, 0.29) is 16.3 Å². The molecule has 0 aromatic heterocycles. The minimum absolute atomic E-state index is 0.0875. The van der Waals surface area contributed by atoms with Gasteiger partial charge in [-0.3, -0.25) is 10.9 Å². The van der Waals surface area contributed by atoms with E-state index in [1.165, 1.54) is 0 Å². The van der Waals surface area contributed by atoms with Crippen molar-refractivity contribution in [3.8, 4) is 0 Å². The predicted octanol–water partition coefficient (Wildman–Crippen LogP) is -1.91. The van der Waals surface area contributed by atoms with Gasteiger partial charge in [0.15, 0.2) is 10.2 Å². The summed E-state index contributed by atoms with van der Waals surface area (Å²) >= 11 is 9.49. The van der Waals surface area contributed by atoms with Crippen LogP contribution in [0.5, 0.6) is 0 Å². The van der Waals surface area contributed by atoms with E-state index in [1.54, 1.807) is 9.80 Å². The minimum atomic E-state index is -0.393. The number of thiocarbonyl (C=S) groups is 2. The van der Waals surface area contributed by atoms with Crippen LogP contribution in [-0.2, 0) is 0 Å². The number of hydrazine groups is 2. The second kappa shape index (κ2) is 7.38. The maximum absolute atomic E-state index is 12.3. The molecule has 0 aromatic rings. The van der Waals surface area contributed by atoms with Crippen molar-refractivity contribution in [3.63, 3.8) is 0 Å². The summed E-state index contributed by atoms with van der Waals surface area (Å²) in [6.45, 7) is 4.81. The summed E-state index contributed by atoms with van der Waals surface area (Å²) in [6.07, 6.45) is -0.786. The molecule has 1 aliphatic rings. The van der Waals surface area contributed by atoms with E-state index in [4.69, 9.17) is 35.9 Å². The first-order valence-electron chi connectivity index (χ1n) is 6.11. The van der Waals surface area contributed by atoms with E-state index in [9.17, 15) is 4.79 Å². The lowest BCUT2D eigenvalue weighted by molar-refractivity contribution is 0.184. The van der Waals surface area contributed by atoms with E-state index < -0.39 is 12.3 Å². The number of urea groups is 1. The molecule has 1 fully saturated rings. The van der Waals surface area contributed by atoms with E-state index in [2.05, 4.69) is 21.7 Å². The van der Waals surface area contributed by atoms with Crippen LogP contribution in [-0.4, -0.2) is 51.5 Å². The number of carbonyl (C=O) groups is 1. The Bertz CT molecular complexity index is 358. The summed E-state index contributed by atoms with van der Waals surface area (Å²) in [4.78, 5) is 15.5. The predicted molar refractivity (Wildman–Crippen MR) is 83.8 cm³/mol. The largest absolute Gasteiger partial charge is 0.375 e. The van der Waals surface area contributed by atoms with Gasteiger partial charge in [0.2, 0.25) is 0 Å². The second-order valence-corrected chi connectivity index (χ2v) is 4.89. The number of likely N-dealkylation sites (N-methyl/N-ethyl adjacent to an activating group) is 2. The summed E-state index contributed by atoms with van der Waals surface area (Å²) in [5.74, 6) is 0. The summed E-state index contributed by atoms with van der Waals surface area (Å²) in [5, 5.41) is 0.175. The molecule has 8 N–H and O–H groups in total. The van der Waals surface area contributed by atoms with Crippen LogP contribution in [0, 0.1) is 0 Å². The molecule has 9 nitrogen and oxygen atoms in total. The Kier molecular flexibility index (Phi) is 6.13. The Morgan fingerprint density at radius 1 is 1.05 bits per heavy atom. The van der Waals surface area contributed by atoms with E-state index in [0.29, 0.717) is 13.1 Å². The average molecular weight is 320 g/mol. The molecule has 0 unspecified atom stereocenters. The summed E-state index contributed by atoms with van der Waals surface area (Å²) in [6, 6.07) is -0.112. The van der Waals surface area contributed by atoms with Crippen LogP contribution in [0.25, 0.3) is 0 Å². The highest BCUT2D eigenvalue weighted by molar-refractivity contribution is 7.80. The first-order valence-corrected chi connectivity index (χ1v) is 6.93. The van der Waals surface area contributed by atoms with Crippen molar-refractivity contribution in [1.82, 2.24) is 31.5 Å². The van der Waals surface area contributed by atoms with Gasteiger partial charge in [0.05, 0.1) is 0 Å². The van der Waals surface area contributed by atoms with Crippen molar-refractivity contribution in [2.45, 2.75) is 26.2 Å². The molecule has 0 bridgehead atoms. The van der Waals surface area contributed by atoms with E-state index in [1.807, 2.05) is 13.8 Å². The van der Waals surface area contributed by atoms with Crippen molar-refractivity contribution < 1.29 is 4.79 Å². The van der Waals surface area contributed by atoms with E-state index >= 15 is 0 Å². The summed E-state index contributed by atoms with van der Waals surface area (Å²) in [5.41, 5.74) is 21.9. The fraction of sp³-hybridized carbons (Fsp3) is 0.667. The number of nitrogens with one attached hydrogen (secondary N) is 4. The Hall–Kier alpha value is -1.43. The smallest absolute Gasteiger partial charge is 0.322 e. The number of hydrogen-bond acceptors (Lipinski definition) is 5. The fourth-order valence-electron chi connectivity index (χ4n) is 2.01. The molecule has 1 rings (SSSR count). The maximum atomic E-state index is 12.3. The van der Waals surface area contributed by atoms with Gasteiger partial charge in [-0.2, -0.15) is 0 Å². The van der Waals surface area contributed by atoms with Crippen molar-refractivity contribution in [2.24, 2.45) is 11.5 Å². The lowest BCUT2D eigenvalue weighted by atomic mass is 10.3. The SMILES string of the molecule is CCN1C(=O)N(CC)[C@@H](NNC(N)=S)[C@@H]1NNC(N)=S. The summed E-state index contributed by atoms with van der Waals surface area (Å²) < 4.78 is 0. The minimum Gasteiger partial charge on any atom is -0.375 e. The number of amides is 2. The number of hydrogen-bond donors (Lipinski definition) is 6. The van der Waals surface area contributed by atoms with Gasteiger partial charge in [0, 0.05) is 13.1 Å². The third kappa shape index (κ3) is 3.79. The molecule has 114 valence electrons. The van der Waals surface area contributed by atoms with Gasteiger partial charge < -0.3 is 21.3 Å². The molecular weight excluding hydrogens is 300 g/mol. The summed E-state index contributed by atoms with van der Waals surface area (Å²) in [7, 11) is 0. The van der Waals surface area contributed by atoms with E-state index in [0.717, 1.165) is 0 Å². The monoisotopic (exact) mass is 320 g/mol. The van der Waals surface area contributed by atoms with Gasteiger partial charge in [-0.05, 0) is 38.3 Å². The van der Waals surface area contributed by atoms with Gasteiger partial charge in [-0.25, -0.2) is 15.6 Å². The number of nitrogens with zero attached hydrogens (tertiary/aromatic N) is 2. The van der Waals surface area contributed by atoms with Crippen LogP contribution in [0.1, 0.15) is 13.8 Å². The van der Waals surface area contributed by atoms with Crippen LogP contribution < -0.4 is 33.2 Å². The molecule has 2 amide bonds. The normalized spacial score (nSPS) is 22.0. The van der Waals surface area contributed by atoms with Crippen LogP contribution in [0.2, 0.25) is 0 Å². The zero-order valence-electron chi connectivity index (χ0n) is 11.3. The second-order valence-electron chi connectivity index (χ2n) is 4.01. The average Bonchev–Trinajstić information content (AvgIpc) is 2.64. The Morgan fingerprint density at radius 2 is 1.40 bits per heavy atom. The lowest BCUT2D eigenvalue weighted by Crippen LogP contribution is -2.63. The zero-order chi connectivity index (χ0) is 15.3. The molecule has 0 spiro atoms. The van der Waals surface area contributed by atoms with Crippen molar-refractivity contribution >= 4 is 40.7 Å². The number of nitrogens with two attached hydrogens (primary N) is 2. The number of rotatable bonds is 6. The molecular formula is C9H20N8OS2. The van der Waals surface area contributed by atoms with Crippen LogP contribution >= 0.6 is 24.4 Å². The highest BCUT2D eigenvalue weighted by Gasteiger charge is 2.44. The zero-order valence-corrected chi connectivity index (χ0v) is 13.0. The first-order chi connectivity index (χ1) is 9.42. The standard InChI is InChI=1S/C9H20N8OS2/c1-3-16-5(12-14-7(10)19)6(13-15-8(11)20)17(4-2)9(16)18/h5-6,12-13H,3-4H2,1-2H3,(H3,10,14,19)(H3,11,15,20)/t5-,6-/m1/s1. The molecule has 0 aromatic carbocycles. The number of carbonyl (C=O) groups excluding carboxylic acids is 1. The van der Waals surface area contributed by atoms with Crippen LogP contribution in [0.15, 0.2) is 0 Å². The highest BCUT2D eigenvalue weighted by Crippen LogP contribution is 2.18. The third-order valence-corrected chi connectivity index (χ3v) is 3.03. The topological polar surface area (TPSA) is 124 Å². The van der Waals surface area contributed by atoms with Gasteiger partial charge in [0.25, 0.3) is 0 Å². The third-order valence-electron chi connectivity index (χ3n) is 2.83. The molecule has 1 aliphatic heterocycles. The molecule has 0 radical (unpaired) electrons. The first kappa shape index (κ1) is 16.6. The van der Waals surface area contributed by atoms with Gasteiger partial charge in [-0.15, -0.1) is 0 Å². The molecule has 20 heavy (non-hydrogen) atoms. The molecule has 2 atom stereocenters. The highest BCUT2D eigenvalue weighted by atomic mass is 32.1. The molecule has 1 heterocycles. The lowest BCUT2D eigenvalue weighted by Gasteiger charge is -2.29.